The maximum Gasteiger partial charge on any atom is 0.416 e. The van der Waals surface area contributed by atoms with Crippen molar-refractivity contribution in [1.29, 1.82) is 0 Å². The van der Waals surface area contributed by atoms with Gasteiger partial charge >= 0.3 is 6.18 Å². The van der Waals surface area contributed by atoms with E-state index in [2.05, 4.69) is 5.32 Å². The first-order chi connectivity index (χ1) is 13.3. The Balaban J connectivity index is 1.64. The van der Waals surface area contributed by atoms with Crippen LogP contribution in [0.15, 0.2) is 24.3 Å². The van der Waals surface area contributed by atoms with Gasteiger partial charge in [0, 0.05) is 38.9 Å². The summed E-state index contributed by atoms with van der Waals surface area (Å²) in [5.41, 5.74) is -1.68. The Morgan fingerprint density at radius 1 is 1.07 bits per heavy atom. The SMILES string of the molecule is COC1(C(=O)N2CCN(C(=O)c3cccc(C(F)(F)F)c3)CC2)CCNCC1. The number of piperazine rings is 1. The average Bonchev–Trinajstić information content (AvgIpc) is 2.73. The second-order valence-electron chi connectivity index (χ2n) is 7.11. The predicted molar refractivity (Wildman–Crippen MR) is 95.8 cm³/mol. The lowest BCUT2D eigenvalue weighted by Gasteiger charge is -2.42. The molecule has 0 saturated carbocycles. The number of halogens is 3. The van der Waals surface area contributed by atoms with Crippen LogP contribution in [0.2, 0.25) is 0 Å². The van der Waals surface area contributed by atoms with Crippen molar-refractivity contribution in [2.45, 2.75) is 24.6 Å². The van der Waals surface area contributed by atoms with E-state index in [1.807, 2.05) is 0 Å². The van der Waals surface area contributed by atoms with Gasteiger partial charge in [-0.2, -0.15) is 13.2 Å². The van der Waals surface area contributed by atoms with Crippen molar-refractivity contribution >= 4 is 11.8 Å². The lowest BCUT2D eigenvalue weighted by Crippen LogP contribution is -2.59. The molecule has 2 saturated heterocycles. The molecule has 1 aromatic rings. The molecule has 0 radical (unpaired) electrons. The van der Waals surface area contributed by atoms with Crippen molar-refractivity contribution in [3.8, 4) is 0 Å². The predicted octanol–water partition coefficient (Wildman–Crippen LogP) is 1.76. The van der Waals surface area contributed by atoms with E-state index >= 15 is 0 Å². The van der Waals surface area contributed by atoms with Gasteiger partial charge in [0.05, 0.1) is 5.56 Å². The molecule has 0 atom stereocenters. The van der Waals surface area contributed by atoms with Crippen LogP contribution >= 0.6 is 0 Å². The zero-order chi connectivity index (χ0) is 20.4. The van der Waals surface area contributed by atoms with Crippen molar-refractivity contribution in [3.05, 3.63) is 35.4 Å². The van der Waals surface area contributed by atoms with Gasteiger partial charge in [0.2, 0.25) is 0 Å². The van der Waals surface area contributed by atoms with Crippen LogP contribution in [0.5, 0.6) is 0 Å². The first-order valence-corrected chi connectivity index (χ1v) is 9.29. The standard InChI is InChI=1S/C19H24F3N3O3/c1-28-18(5-7-23-8-6-18)17(27)25-11-9-24(10-12-25)16(26)14-3-2-4-15(13-14)19(20,21)22/h2-4,13,23H,5-12H2,1H3. The lowest BCUT2D eigenvalue weighted by atomic mass is 9.90. The number of piperidine rings is 1. The van der Waals surface area contributed by atoms with E-state index in [-0.39, 0.29) is 24.6 Å². The van der Waals surface area contributed by atoms with Gasteiger partial charge in [-0.1, -0.05) is 6.07 Å². The Labute approximate surface area is 161 Å². The number of alkyl halides is 3. The van der Waals surface area contributed by atoms with Gasteiger partial charge in [-0.3, -0.25) is 9.59 Å². The number of benzene rings is 1. The van der Waals surface area contributed by atoms with Crippen molar-refractivity contribution in [2.75, 3.05) is 46.4 Å². The van der Waals surface area contributed by atoms with Gasteiger partial charge in [-0.05, 0) is 44.1 Å². The highest BCUT2D eigenvalue weighted by molar-refractivity contribution is 5.94. The van der Waals surface area contributed by atoms with Crippen LogP contribution in [0.3, 0.4) is 0 Å². The molecule has 0 spiro atoms. The van der Waals surface area contributed by atoms with Crippen LogP contribution in [0.4, 0.5) is 13.2 Å². The van der Waals surface area contributed by atoms with Crippen LogP contribution in [-0.4, -0.2) is 73.6 Å². The highest BCUT2D eigenvalue weighted by atomic mass is 19.4. The summed E-state index contributed by atoms with van der Waals surface area (Å²) in [6.45, 7) is 2.63. The largest absolute Gasteiger partial charge is 0.416 e. The van der Waals surface area contributed by atoms with Crippen molar-refractivity contribution in [3.63, 3.8) is 0 Å². The first-order valence-electron chi connectivity index (χ1n) is 9.29. The van der Waals surface area contributed by atoms with E-state index in [4.69, 9.17) is 4.74 Å². The van der Waals surface area contributed by atoms with E-state index in [0.717, 1.165) is 12.1 Å². The number of carbonyl (C=O) groups excluding carboxylic acids is 2. The zero-order valence-corrected chi connectivity index (χ0v) is 15.7. The number of amides is 2. The molecule has 6 nitrogen and oxygen atoms in total. The molecule has 3 rings (SSSR count). The summed E-state index contributed by atoms with van der Waals surface area (Å²) in [6.07, 6.45) is -3.32. The zero-order valence-electron chi connectivity index (χ0n) is 15.7. The molecule has 9 heteroatoms. The Morgan fingerprint density at radius 3 is 2.25 bits per heavy atom. The fraction of sp³-hybridized carbons (Fsp3) is 0.579. The van der Waals surface area contributed by atoms with Gasteiger partial charge in [-0.15, -0.1) is 0 Å². The number of hydrogen-bond acceptors (Lipinski definition) is 4. The van der Waals surface area contributed by atoms with Crippen LogP contribution in [0, 0.1) is 0 Å². The number of rotatable bonds is 3. The fourth-order valence-corrected chi connectivity index (χ4v) is 3.75. The van der Waals surface area contributed by atoms with Crippen molar-refractivity contribution in [1.82, 2.24) is 15.1 Å². The molecule has 2 heterocycles. The molecule has 0 unspecified atom stereocenters. The quantitative estimate of drug-likeness (QED) is 0.842. The third-order valence-corrected chi connectivity index (χ3v) is 5.48. The summed E-state index contributed by atoms with van der Waals surface area (Å²) in [5, 5.41) is 3.20. The van der Waals surface area contributed by atoms with Crippen LogP contribution in [0.25, 0.3) is 0 Å². The van der Waals surface area contributed by atoms with E-state index in [1.165, 1.54) is 24.1 Å². The Morgan fingerprint density at radius 2 is 1.68 bits per heavy atom. The summed E-state index contributed by atoms with van der Waals surface area (Å²) < 4.78 is 44.2. The molecule has 2 amide bonds. The second-order valence-corrected chi connectivity index (χ2v) is 7.11. The minimum atomic E-state index is -4.50. The van der Waals surface area contributed by atoms with E-state index in [1.54, 1.807) is 4.90 Å². The Hall–Kier alpha value is -2.13. The third kappa shape index (κ3) is 4.15. The summed E-state index contributed by atoms with van der Waals surface area (Å²) in [4.78, 5) is 28.7. The van der Waals surface area contributed by atoms with E-state index in [9.17, 15) is 22.8 Å². The summed E-state index contributed by atoms with van der Waals surface area (Å²) in [5.74, 6) is -0.538. The first kappa shape index (κ1) is 20.6. The van der Waals surface area contributed by atoms with Crippen molar-refractivity contribution in [2.24, 2.45) is 0 Å². The topological polar surface area (TPSA) is 61.9 Å². The summed E-state index contributed by atoms with van der Waals surface area (Å²) in [7, 11) is 1.54. The fourth-order valence-electron chi connectivity index (χ4n) is 3.75. The monoisotopic (exact) mass is 399 g/mol. The molecule has 0 bridgehead atoms. The Bertz CT molecular complexity index is 725. The maximum absolute atomic E-state index is 13.0. The van der Waals surface area contributed by atoms with Gasteiger partial charge in [0.1, 0.15) is 5.60 Å². The van der Waals surface area contributed by atoms with Crippen LogP contribution < -0.4 is 5.32 Å². The highest BCUT2D eigenvalue weighted by Gasteiger charge is 2.43. The molecule has 2 aliphatic heterocycles. The molecule has 2 fully saturated rings. The normalized spacial score (nSPS) is 20.1. The smallest absolute Gasteiger partial charge is 0.368 e. The van der Waals surface area contributed by atoms with Crippen LogP contribution in [-0.2, 0) is 15.7 Å². The molecule has 0 aliphatic carbocycles. The second kappa shape index (κ2) is 8.08. The van der Waals surface area contributed by atoms with Gasteiger partial charge in [0.15, 0.2) is 0 Å². The van der Waals surface area contributed by atoms with E-state index < -0.39 is 23.2 Å². The molecular weight excluding hydrogens is 375 g/mol. The summed E-state index contributed by atoms with van der Waals surface area (Å²) >= 11 is 0. The molecule has 1 N–H and O–H groups in total. The van der Waals surface area contributed by atoms with Crippen LogP contribution in [0.1, 0.15) is 28.8 Å². The molecule has 2 aliphatic rings. The van der Waals surface area contributed by atoms with E-state index in [0.29, 0.717) is 39.0 Å². The minimum Gasteiger partial charge on any atom is -0.368 e. The highest BCUT2D eigenvalue weighted by Crippen LogP contribution is 2.30. The Kier molecular flexibility index (Phi) is 5.95. The molecule has 0 aromatic heterocycles. The number of nitrogens with zero attached hydrogens (tertiary/aromatic N) is 2. The average molecular weight is 399 g/mol. The van der Waals surface area contributed by atoms with Crippen molar-refractivity contribution < 1.29 is 27.5 Å². The third-order valence-electron chi connectivity index (χ3n) is 5.48. The number of ether oxygens (including phenoxy) is 1. The van der Waals surface area contributed by atoms with Gasteiger partial charge in [-0.25, -0.2) is 0 Å². The number of carbonyl (C=O) groups is 2. The lowest BCUT2D eigenvalue weighted by molar-refractivity contribution is -0.159. The van der Waals surface area contributed by atoms with Gasteiger partial charge < -0.3 is 19.9 Å². The number of nitrogens with one attached hydrogen (secondary N) is 1. The molecule has 28 heavy (non-hydrogen) atoms. The maximum atomic E-state index is 13.0. The summed E-state index contributed by atoms with van der Waals surface area (Å²) in [6, 6.07) is 4.42. The van der Waals surface area contributed by atoms with Gasteiger partial charge in [0.25, 0.3) is 11.8 Å². The minimum absolute atomic E-state index is 0.00122. The molecular formula is C19H24F3N3O3. The molecule has 154 valence electrons. The number of methoxy groups -OCH3 is 1. The number of hydrogen-bond donors (Lipinski definition) is 1. The molecule has 1 aromatic carbocycles.